The Bertz CT molecular complexity index is 439. The summed E-state index contributed by atoms with van der Waals surface area (Å²) in [6.45, 7) is 3.94. The van der Waals surface area contributed by atoms with Gasteiger partial charge < -0.3 is 15.7 Å². The molecule has 1 rings (SSSR count). The summed E-state index contributed by atoms with van der Waals surface area (Å²) in [7, 11) is 0. The molecule has 1 unspecified atom stereocenters. The minimum Gasteiger partial charge on any atom is -0.479 e. The van der Waals surface area contributed by atoms with E-state index in [-0.39, 0.29) is 6.04 Å². The highest BCUT2D eigenvalue weighted by atomic mass is 32.2. The predicted octanol–water partition coefficient (Wildman–Crippen LogP) is 2.25. The van der Waals surface area contributed by atoms with Crippen molar-refractivity contribution >= 4 is 23.8 Å². The van der Waals surface area contributed by atoms with Crippen LogP contribution in [0.4, 0.5) is 4.79 Å². The second-order valence-electron chi connectivity index (χ2n) is 4.36. The van der Waals surface area contributed by atoms with E-state index in [2.05, 4.69) is 10.6 Å². The number of amides is 2. The number of carbonyl (C=O) groups excluding carboxylic acids is 1. The van der Waals surface area contributed by atoms with Gasteiger partial charge in [0.2, 0.25) is 0 Å². The minimum atomic E-state index is -1.08. The number of carboxylic acid groups (broad SMARTS) is 1. The first-order chi connectivity index (χ1) is 9.54. The highest BCUT2D eigenvalue weighted by Crippen LogP contribution is 2.12. The van der Waals surface area contributed by atoms with Crippen LogP contribution in [0.2, 0.25) is 0 Å². The third kappa shape index (κ3) is 5.52. The number of aliphatic carboxylic acids is 1. The summed E-state index contributed by atoms with van der Waals surface area (Å²) in [5.41, 5.74) is 0.547. The smallest absolute Gasteiger partial charge is 0.330 e. The standard InChI is InChI=1S/C14H20N2O3S/c1-3-20-9-10(2)15-14(19)16-12(13(17)18)11-7-5-4-6-8-11/h4-8,10,12H,3,9H2,1-2H3,(H,17,18)(H2,15,16,19)/t10?,12-/m0/s1. The second-order valence-corrected chi connectivity index (χ2v) is 5.68. The van der Waals surface area contributed by atoms with Crippen LogP contribution in [-0.4, -0.2) is 34.7 Å². The number of carbonyl (C=O) groups is 2. The molecule has 0 aliphatic rings. The summed E-state index contributed by atoms with van der Waals surface area (Å²) in [5, 5.41) is 14.4. The molecule has 20 heavy (non-hydrogen) atoms. The van der Waals surface area contributed by atoms with E-state index in [4.69, 9.17) is 0 Å². The molecule has 0 bridgehead atoms. The zero-order valence-corrected chi connectivity index (χ0v) is 12.4. The molecule has 5 nitrogen and oxygen atoms in total. The Balaban J connectivity index is 2.59. The quantitative estimate of drug-likeness (QED) is 0.721. The maximum absolute atomic E-state index is 11.8. The molecule has 0 fully saturated rings. The van der Waals surface area contributed by atoms with E-state index in [9.17, 15) is 14.7 Å². The summed E-state index contributed by atoms with van der Waals surface area (Å²) in [5.74, 6) is 0.699. The van der Waals surface area contributed by atoms with Crippen molar-refractivity contribution in [2.75, 3.05) is 11.5 Å². The molecular weight excluding hydrogens is 276 g/mol. The molecule has 2 amide bonds. The third-order valence-corrected chi connectivity index (χ3v) is 3.75. The Labute approximate surface area is 123 Å². The van der Waals surface area contributed by atoms with E-state index in [1.165, 1.54) is 0 Å². The molecule has 0 aromatic heterocycles. The summed E-state index contributed by atoms with van der Waals surface area (Å²) in [6, 6.07) is 7.12. The van der Waals surface area contributed by atoms with E-state index in [1.54, 1.807) is 42.1 Å². The number of thioether (sulfide) groups is 1. The first-order valence-electron chi connectivity index (χ1n) is 6.47. The van der Waals surface area contributed by atoms with E-state index < -0.39 is 18.0 Å². The van der Waals surface area contributed by atoms with Crippen LogP contribution in [0.3, 0.4) is 0 Å². The molecule has 0 saturated carbocycles. The summed E-state index contributed by atoms with van der Waals surface area (Å²) >= 11 is 1.72. The van der Waals surface area contributed by atoms with Crippen molar-refractivity contribution in [3.63, 3.8) is 0 Å². The molecule has 0 heterocycles. The van der Waals surface area contributed by atoms with E-state index in [1.807, 2.05) is 13.8 Å². The second kappa shape index (κ2) is 8.47. The van der Waals surface area contributed by atoms with Gasteiger partial charge in [0.25, 0.3) is 0 Å². The number of hydrogen-bond acceptors (Lipinski definition) is 3. The molecule has 0 saturated heterocycles. The van der Waals surface area contributed by atoms with Crippen molar-refractivity contribution in [3.8, 4) is 0 Å². The number of hydrogen-bond donors (Lipinski definition) is 3. The molecule has 6 heteroatoms. The van der Waals surface area contributed by atoms with Crippen LogP contribution in [-0.2, 0) is 4.79 Å². The lowest BCUT2D eigenvalue weighted by Gasteiger charge is -2.18. The fourth-order valence-corrected chi connectivity index (χ4v) is 2.34. The van der Waals surface area contributed by atoms with Gasteiger partial charge in [0.1, 0.15) is 0 Å². The average Bonchev–Trinajstić information content (AvgIpc) is 2.43. The molecular formula is C14H20N2O3S. The Morgan fingerprint density at radius 3 is 2.45 bits per heavy atom. The third-order valence-electron chi connectivity index (χ3n) is 2.60. The maximum Gasteiger partial charge on any atom is 0.330 e. The van der Waals surface area contributed by atoms with Crippen molar-refractivity contribution in [2.24, 2.45) is 0 Å². The normalized spacial score (nSPS) is 13.3. The summed E-state index contributed by atoms with van der Waals surface area (Å²) in [6.07, 6.45) is 0. The number of carboxylic acids is 1. The molecule has 1 aromatic carbocycles. The Kier molecular flexibility index (Phi) is 6.93. The van der Waals surface area contributed by atoms with Gasteiger partial charge in [-0.2, -0.15) is 11.8 Å². The van der Waals surface area contributed by atoms with Crippen LogP contribution in [0, 0.1) is 0 Å². The monoisotopic (exact) mass is 296 g/mol. The van der Waals surface area contributed by atoms with Gasteiger partial charge in [-0.05, 0) is 18.2 Å². The van der Waals surface area contributed by atoms with Crippen molar-refractivity contribution in [1.29, 1.82) is 0 Å². The van der Waals surface area contributed by atoms with Gasteiger partial charge in [0, 0.05) is 11.8 Å². The Hall–Kier alpha value is -1.69. The van der Waals surface area contributed by atoms with Crippen LogP contribution >= 0.6 is 11.8 Å². The van der Waals surface area contributed by atoms with Gasteiger partial charge in [-0.25, -0.2) is 9.59 Å². The fourth-order valence-electron chi connectivity index (χ4n) is 1.67. The topological polar surface area (TPSA) is 78.4 Å². The molecule has 2 atom stereocenters. The highest BCUT2D eigenvalue weighted by Gasteiger charge is 2.22. The Morgan fingerprint density at radius 1 is 1.25 bits per heavy atom. The van der Waals surface area contributed by atoms with Gasteiger partial charge in [0.05, 0.1) is 0 Å². The summed E-state index contributed by atoms with van der Waals surface area (Å²) in [4.78, 5) is 23.1. The molecule has 1 aromatic rings. The maximum atomic E-state index is 11.8. The van der Waals surface area contributed by atoms with Crippen molar-refractivity contribution in [2.45, 2.75) is 25.9 Å². The Morgan fingerprint density at radius 2 is 1.90 bits per heavy atom. The van der Waals surface area contributed by atoms with Gasteiger partial charge in [-0.15, -0.1) is 0 Å². The molecule has 0 aliphatic carbocycles. The largest absolute Gasteiger partial charge is 0.479 e. The molecule has 3 N–H and O–H groups in total. The zero-order valence-electron chi connectivity index (χ0n) is 11.6. The van der Waals surface area contributed by atoms with Gasteiger partial charge in [-0.1, -0.05) is 37.3 Å². The SMILES string of the molecule is CCSCC(C)NC(=O)N[C@H](C(=O)O)c1ccccc1. The highest BCUT2D eigenvalue weighted by molar-refractivity contribution is 7.99. The molecule has 110 valence electrons. The van der Waals surface area contributed by atoms with E-state index in [0.29, 0.717) is 5.56 Å². The van der Waals surface area contributed by atoms with E-state index in [0.717, 1.165) is 11.5 Å². The lowest BCUT2D eigenvalue weighted by molar-refractivity contribution is -0.139. The first kappa shape index (κ1) is 16.4. The zero-order chi connectivity index (χ0) is 15.0. The molecule has 0 spiro atoms. The minimum absolute atomic E-state index is 0.00910. The first-order valence-corrected chi connectivity index (χ1v) is 7.62. The van der Waals surface area contributed by atoms with Crippen LogP contribution in [0.1, 0.15) is 25.5 Å². The predicted molar refractivity (Wildman–Crippen MR) is 80.9 cm³/mol. The van der Waals surface area contributed by atoms with Crippen molar-refractivity contribution in [3.05, 3.63) is 35.9 Å². The van der Waals surface area contributed by atoms with Gasteiger partial charge >= 0.3 is 12.0 Å². The van der Waals surface area contributed by atoms with E-state index >= 15 is 0 Å². The number of benzene rings is 1. The van der Waals surface area contributed by atoms with Crippen molar-refractivity contribution in [1.82, 2.24) is 10.6 Å². The number of rotatable bonds is 7. The average molecular weight is 296 g/mol. The lowest BCUT2D eigenvalue weighted by Crippen LogP contribution is -2.45. The summed E-state index contributed by atoms with van der Waals surface area (Å²) < 4.78 is 0. The lowest BCUT2D eigenvalue weighted by atomic mass is 10.1. The van der Waals surface area contributed by atoms with Crippen molar-refractivity contribution < 1.29 is 14.7 Å². The van der Waals surface area contributed by atoms with Crippen LogP contribution in [0.15, 0.2) is 30.3 Å². The molecule has 0 radical (unpaired) electrons. The number of nitrogens with one attached hydrogen (secondary N) is 2. The fraction of sp³-hybridized carbons (Fsp3) is 0.429. The number of urea groups is 1. The van der Waals surface area contributed by atoms with Crippen LogP contribution in [0.25, 0.3) is 0 Å². The van der Waals surface area contributed by atoms with Crippen LogP contribution < -0.4 is 10.6 Å². The van der Waals surface area contributed by atoms with Crippen LogP contribution in [0.5, 0.6) is 0 Å². The van der Waals surface area contributed by atoms with Gasteiger partial charge in [0.15, 0.2) is 6.04 Å². The van der Waals surface area contributed by atoms with Gasteiger partial charge in [-0.3, -0.25) is 0 Å². The molecule has 0 aliphatic heterocycles.